The second-order valence-corrected chi connectivity index (χ2v) is 3.07. The van der Waals surface area contributed by atoms with Gasteiger partial charge in [0.1, 0.15) is 19.3 Å². The molecule has 16 heavy (non-hydrogen) atoms. The SMILES string of the molecule is CCC(OC)c1noc(COCC(=O)O)n1. The third-order valence-corrected chi connectivity index (χ3v) is 1.88. The number of carboxylic acids is 1. The van der Waals surface area contributed by atoms with E-state index in [9.17, 15) is 4.79 Å². The van der Waals surface area contributed by atoms with Gasteiger partial charge in [-0.1, -0.05) is 12.1 Å². The lowest BCUT2D eigenvalue weighted by atomic mass is 10.3. The van der Waals surface area contributed by atoms with Gasteiger partial charge in [-0.05, 0) is 6.42 Å². The Balaban J connectivity index is 2.47. The molecule has 1 N–H and O–H groups in total. The molecule has 1 aromatic rings. The molecule has 1 atom stereocenters. The molecule has 0 saturated heterocycles. The smallest absolute Gasteiger partial charge is 0.329 e. The highest BCUT2D eigenvalue weighted by Gasteiger charge is 2.15. The van der Waals surface area contributed by atoms with Crippen molar-refractivity contribution in [2.24, 2.45) is 0 Å². The maximum absolute atomic E-state index is 10.2. The van der Waals surface area contributed by atoms with E-state index in [0.717, 1.165) is 6.42 Å². The monoisotopic (exact) mass is 230 g/mol. The van der Waals surface area contributed by atoms with E-state index in [1.807, 2.05) is 6.92 Å². The minimum absolute atomic E-state index is 0.0144. The van der Waals surface area contributed by atoms with E-state index in [1.54, 1.807) is 7.11 Å². The first kappa shape index (κ1) is 12.6. The van der Waals surface area contributed by atoms with Crippen LogP contribution in [0.15, 0.2) is 4.52 Å². The van der Waals surface area contributed by atoms with Crippen LogP contribution in [0.5, 0.6) is 0 Å². The van der Waals surface area contributed by atoms with Gasteiger partial charge in [-0.3, -0.25) is 0 Å². The zero-order valence-corrected chi connectivity index (χ0v) is 9.17. The van der Waals surface area contributed by atoms with Crippen LogP contribution in [0.4, 0.5) is 0 Å². The first-order chi connectivity index (χ1) is 7.67. The van der Waals surface area contributed by atoms with Gasteiger partial charge < -0.3 is 19.1 Å². The number of hydrogen-bond donors (Lipinski definition) is 1. The van der Waals surface area contributed by atoms with E-state index in [4.69, 9.17) is 19.1 Å². The summed E-state index contributed by atoms with van der Waals surface area (Å²) in [5, 5.41) is 12.1. The summed E-state index contributed by atoms with van der Waals surface area (Å²) in [7, 11) is 1.56. The summed E-state index contributed by atoms with van der Waals surface area (Å²) in [5.41, 5.74) is 0. The van der Waals surface area contributed by atoms with E-state index in [2.05, 4.69) is 10.1 Å². The van der Waals surface area contributed by atoms with Crippen LogP contribution in [0.2, 0.25) is 0 Å². The molecule has 0 fully saturated rings. The number of aliphatic carboxylic acids is 1. The summed E-state index contributed by atoms with van der Waals surface area (Å²) >= 11 is 0. The lowest BCUT2D eigenvalue weighted by Gasteiger charge is -2.05. The average molecular weight is 230 g/mol. The molecule has 0 aliphatic rings. The van der Waals surface area contributed by atoms with Gasteiger partial charge in [0.05, 0.1) is 0 Å². The molecule has 7 nitrogen and oxygen atoms in total. The molecule has 1 unspecified atom stereocenters. The van der Waals surface area contributed by atoms with Crippen LogP contribution in [0.3, 0.4) is 0 Å². The number of nitrogens with zero attached hydrogens (tertiary/aromatic N) is 2. The summed E-state index contributed by atoms with van der Waals surface area (Å²) in [6.07, 6.45) is 0.516. The van der Waals surface area contributed by atoms with Crippen molar-refractivity contribution in [1.29, 1.82) is 0 Å². The normalized spacial score (nSPS) is 12.6. The van der Waals surface area contributed by atoms with E-state index in [1.165, 1.54) is 0 Å². The number of carbonyl (C=O) groups is 1. The fourth-order valence-electron chi connectivity index (χ4n) is 1.14. The molecule has 0 saturated carbocycles. The summed E-state index contributed by atoms with van der Waals surface area (Å²) in [4.78, 5) is 14.2. The fraction of sp³-hybridized carbons (Fsp3) is 0.667. The predicted molar refractivity (Wildman–Crippen MR) is 51.6 cm³/mol. The fourth-order valence-corrected chi connectivity index (χ4v) is 1.14. The molecule has 0 radical (unpaired) electrons. The third-order valence-electron chi connectivity index (χ3n) is 1.88. The molecule has 7 heteroatoms. The maximum atomic E-state index is 10.2. The predicted octanol–water partition coefficient (Wildman–Crippen LogP) is 0.768. The average Bonchev–Trinajstić information content (AvgIpc) is 2.68. The van der Waals surface area contributed by atoms with Crippen molar-refractivity contribution in [1.82, 2.24) is 10.1 Å². The largest absolute Gasteiger partial charge is 0.480 e. The van der Waals surface area contributed by atoms with Crippen LogP contribution < -0.4 is 0 Å². The Bertz CT molecular complexity index is 334. The van der Waals surface area contributed by atoms with Crippen LogP contribution in [0.25, 0.3) is 0 Å². The first-order valence-electron chi connectivity index (χ1n) is 4.82. The lowest BCUT2D eigenvalue weighted by molar-refractivity contribution is -0.142. The van der Waals surface area contributed by atoms with Crippen molar-refractivity contribution >= 4 is 5.97 Å². The topological polar surface area (TPSA) is 94.7 Å². The molecule has 0 aliphatic carbocycles. The van der Waals surface area contributed by atoms with Gasteiger partial charge in [-0.2, -0.15) is 4.98 Å². The number of carboxylic acid groups (broad SMARTS) is 1. The van der Waals surface area contributed by atoms with Crippen LogP contribution >= 0.6 is 0 Å². The summed E-state index contributed by atoms with van der Waals surface area (Å²) in [6.45, 7) is 1.53. The highest BCUT2D eigenvalue weighted by molar-refractivity contribution is 5.67. The molecule has 0 bridgehead atoms. The number of aromatic nitrogens is 2. The Morgan fingerprint density at radius 2 is 2.38 bits per heavy atom. The van der Waals surface area contributed by atoms with Crippen molar-refractivity contribution in [2.45, 2.75) is 26.1 Å². The lowest BCUT2D eigenvalue weighted by Crippen LogP contribution is -2.07. The van der Waals surface area contributed by atoms with Crippen LogP contribution in [0, 0.1) is 0 Å². The van der Waals surface area contributed by atoms with E-state index in [-0.39, 0.29) is 25.2 Å². The molecule has 1 rings (SSSR count). The standard InChI is InChI=1S/C9H14N2O5/c1-3-6(14-2)9-10-7(16-11-9)4-15-5-8(12)13/h6H,3-5H2,1-2H3,(H,12,13). The number of rotatable bonds is 7. The van der Waals surface area contributed by atoms with Crippen molar-refractivity contribution in [2.75, 3.05) is 13.7 Å². The van der Waals surface area contributed by atoms with Gasteiger partial charge in [0.2, 0.25) is 5.82 Å². The first-order valence-corrected chi connectivity index (χ1v) is 4.82. The Hall–Kier alpha value is -1.47. The highest BCUT2D eigenvalue weighted by atomic mass is 16.5. The van der Waals surface area contributed by atoms with Crippen molar-refractivity contribution in [3.8, 4) is 0 Å². The van der Waals surface area contributed by atoms with Crippen LogP contribution in [-0.4, -0.2) is 34.9 Å². The Labute approximate surface area is 92.4 Å². The zero-order chi connectivity index (χ0) is 12.0. The molecular formula is C9H14N2O5. The minimum Gasteiger partial charge on any atom is -0.480 e. The van der Waals surface area contributed by atoms with Crippen molar-refractivity contribution < 1.29 is 23.9 Å². The van der Waals surface area contributed by atoms with Crippen LogP contribution in [0.1, 0.15) is 31.2 Å². The zero-order valence-electron chi connectivity index (χ0n) is 9.17. The van der Waals surface area contributed by atoms with Crippen LogP contribution in [-0.2, 0) is 20.9 Å². The summed E-state index contributed by atoms with van der Waals surface area (Å²) in [6, 6.07) is 0. The third kappa shape index (κ3) is 3.59. The summed E-state index contributed by atoms with van der Waals surface area (Å²) < 4.78 is 14.8. The molecule has 0 aliphatic heterocycles. The van der Waals surface area contributed by atoms with E-state index in [0.29, 0.717) is 5.82 Å². The van der Waals surface area contributed by atoms with Gasteiger partial charge in [0.15, 0.2) is 0 Å². The van der Waals surface area contributed by atoms with Gasteiger partial charge in [-0.25, -0.2) is 4.79 Å². The molecule has 90 valence electrons. The molecule has 1 heterocycles. The number of hydrogen-bond acceptors (Lipinski definition) is 6. The van der Waals surface area contributed by atoms with E-state index >= 15 is 0 Å². The van der Waals surface area contributed by atoms with Gasteiger partial charge in [0.25, 0.3) is 5.89 Å². The van der Waals surface area contributed by atoms with Gasteiger partial charge >= 0.3 is 5.97 Å². The Kier molecular flexibility index (Phi) is 4.87. The maximum Gasteiger partial charge on any atom is 0.329 e. The van der Waals surface area contributed by atoms with Crippen molar-refractivity contribution in [3.63, 3.8) is 0 Å². The highest BCUT2D eigenvalue weighted by Crippen LogP contribution is 2.16. The minimum atomic E-state index is -1.04. The second kappa shape index (κ2) is 6.19. The second-order valence-electron chi connectivity index (χ2n) is 3.07. The molecule has 0 spiro atoms. The summed E-state index contributed by atoms with van der Waals surface area (Å²) in [5.74, 6) is -0.353. The molecular weight excluding hydrogens is 216 g/mol. The van der Waals surface area contributed by atoms with E-state index < -0.39 is 5.97 Å². The quantitative estimate of drug-likeness (QED) is 0.739. The number of methoxy groups -OCH3 is 1. The molecule has 0 amide bonds. The van der Waals surface area contributed by atoms with Crippen molar-refractivity contribution in [3.05, 3.63) is 11.7 Å². The molecule has 0 aromatic carbocycles. The van der Waals surface area contributed by atoms with Gasteiger partial charge in [-0.15, -0.1) is 0 Å². The Morgan fingerprint density at radius 3 is 2.94 bits per heavy atom. The Morgan fingerprint density at radius 1 is 1.62 bits per heavy atom. The molecule has 1 aromatic heterocycles. The van der Waals surface area contributed by atoms with Gasteiger partial charge in [0, 0.05) is 7.11 Å². The number of ether oxygens (including phenoxy) is 2.